The first-order valence-corrected chi connectivity index (χ1v) is 11.8. The van der Waals surface area contributed by atoms with E-state index in [9.17, 15) is 9.59 Å². The van der Waals surface area contributed by atoms with Gasteiger partial charge in [-0.1, -0.05) is 17.4 Å². The van der Waals surface area contributed by atoms with Crippen LogP contribution in [-0.2, 0) is 9.53 Å². The molecule has 0 aliphatic carbocycles. The summed E-state index contributed by atoms with van der Waals surface area (Å²) in [6.45, 7) is 3.83. The van der Waals surface area contributed by atoms with Crippen LogP contribution in [0.4, 0.5) is 0 Å². The van der Waals surface area contributed by atoms with Crippen LogP contribution in [-0.4, -0.2) is 17.1 Å². The summed E-state index contributed by atoms with van der Waals surface area (Å²) < 4.78 is 8.47. The van der Waals surface area contributed by atoms with Crippen molar-refractivity contribution in [1.29, 1.82) is 0 Å². The number of allylic oxidation sites excluding steroid dienone is 1. The van der Waals surface area contributed by atoms with E-state index < -0.39 is 12.0 Å². The minimum atomic E-state index is -0.521. The van der Waals surface area contributed by atoms with Crippen LogP contribution >= 0.6 is 49.9 Å². The molecule has 1 unspecified atom stereocenters. The van der Waals surface area contributed by atoms with Gasteiger partial charge in [0.2, 0.25) is 0 Å². The maximum Gasteiger partial charge on any atom is 0.338 e. The summed E-state index contributed by atoms with van der Waals surface area (Å²) in [5, 5.41) is 1.94. The maximum atomic E-state index is 13.3. The fraction of sp³-hybridized carbons (Fsp3) is 0.211. The minimum Gasteiger partial charge on any atom is -0.463 e. The van der Waals surface area contributed by atoms with Crippen LogP contribution in [0.25, 0.3) is 6.08 Å². The summed E-state index contributed by atoms with van der Waals surface area (Å²) in [4.78, 5) is 33.0. The number of hydrogen-bond acceptors (Lipinski definition) is 7. The lowest BCUT2D eigenvalue weighted by Gasteiger charge is -2.23. The third kappa shape index (κ3) is 3.47. The van der Waals surface area contributed by atoms with Crippen molar-refractivity contribution in [2.75, 3.05) is 6.61 Å². The maximum absolute atomic E-state index is 13.3. The third-order valence-electron chi connectivity index (χ3n) is 4.20. The van der Waals surface area contributed by atoms with Crippen molar-refractivity contribution < 1.29 is 9.53 Å². The first-order valence-electron chi connectivity index (χ1n) is 8.48. The van der Waals surface area contributed by atoms with E-state index in [4.69, 9.17) is 4.74 Å². The number of nitrogens with zero attached hydrogens (tertiary/aromatic N) is 2. The van der Waals surface area contributed by atoms with Crippen molar-refractivity contribution in [3.8, 4) is 0 Å². The number of esters is 1. The third-order valence-corrected chi connectivity index (χ3v) is 7.68. The second-order valence-corrected chi connectivity index (χ2v) is 10.4. The Morgan fingerprint density at radius 2 is 2.18 bits per heavy atom. The van der Waals surface area contributed by atoms with E-state index in [1.54, 1.807) is 29.8 Å². The molecule has 9 heteroatoms. The van der Waals surface area contributed by atoms with Gasteiger partial charge in [-0.3, -0.25) is 9.36 Å². The summed E-state index contributed by atoms with van der Waals surface area (Å²) in [5.74, 6) is -0.432. The SMILES string of the molecule is CCOC(=O)C1=C(C)N=c2s/c(=C/c3ccc(Br)s3)c(=O)n2C1c1cccs1. The number of carbonyl (C=O) groups excluding carboxylic acids is 1. The number of carbonyl (C=O) groups is 1. The summed E-state index contributed by atoms with van der Waals surface area (Å²) in [5.41, 5.74) is 0.853. The molecule has 5 nitrogen and oxygen atoms in total. The van der Waals surface area contributed by atoms with Crippen LogP contribution in [0, 0.1) is 0 Å². The van der Waals surface area contributed by atoms with Crippen LogP contribution in [0.5, 0.6) is 0 Å². The van der Waals surface area contributed by atoms with E-state index in [2.05, 4.69) is 20.9 Å². The van der Waals surface area contributed by atoms with Gasteiger partial charge in [0.05, 0.1) is 26.2 Å². The van der Waals surface area contributed by atoms with Crippen LogP contribution < -0.4 is 14.9 Å². The monoisotopic (exact) mass is 494 g/mol. The van der Waals surface area contributed by atoms with Gasteiger partial charge in [0.1, 0.15) is 6.04 Å². The van der Waals surface area contributed by atoms with Crippen LogP contribution in [0.2, 0.25) is 0 Å². The summed E-state index contributed by atoms with van der Waals surface area (Å²) >= 11 is 7.84. The Kier molecular flexibility index (Phi) is 5.50. The molecule has 4 heterocycles. The van der Waals surface area contributed by atoms with Gasteiger partial charge in [-0.05, 0) is 59.4 Å². The van der Waals surface area contributed by atoms with E-state index in [1.807, 2.05) is 35.7 Å². The van der Waals surface area contributed by atoms with Crippen LogP contribution in [0.1, 0.15) is 29.6 Å². The van der Waals surface area contributed by atoms with Crippen LogP contribution in [0.15, 0.2) is 54.5 Å². The van der Waals surface area contributed by atoms with E-state index in [0.717, 1.165) is 13.5 Å². The molecular formula is C19H15BrN2O3S3. The summed E-state index contributed by atoms with van der Waals surface area (Å²) in [6.07, 6.45) is 1.87. The number of hydrogen-bond donors (Lipinski definition) is 0. The Balaban J connectivity index is 1.95. The number of aromatic nitrogens is 1. The van der Waals surface area contributed by atoms with Gasteiger partial charge >= 0.3 is 5.97 Å². The van der Waals surface area contributed by atoms with E-state index in [-0.39, 0.29) is 12.2 Å². The molecule has 3 aromatic heterocycles. The molecule has 0 aromatic carbocycles. The highest BCUT2D eigenvalue weighted by atomic mass is 79.9. The molecule has 4 rings (SSSR count). The van der Waals surface area contributed by atoms with Gasteiger partial charge in [0.25, 0.3) is 5.56 Å². The number of thiazole rings is 1. The highest BCUT2D eigenvalue weighted by molar-refractivity contribution is 9.11. The van der Waals surface area contributed by atoms with E-state index in [0.29, 0.717) is 20.6 Å². The van der Waals surface area contributed by atoms with Crippen molar-refractivity contribution in [3.05, 3.63) is 74.1 Å². The second-order valence-electron chi connectivity index (χ2n) is 5.96. The molecule has 0 radical (unpaired) electrons. The zero-order valence-corrected chi connectivity index (χ0v) is 19.0. The molecule has 0 spiro atoms. The van der Waals surface area contributed by atoms with Crippen molar-refractivity contribution in [2.24, 2.45) is 4.99 Å². The lowest BCUT2D eigenvalue weighted by Crippen LogP contribution is -2.39. The Labute approximate surface area is 181 Å². The molecular weight excluding hydrogens is 480 g/mol. The topological polar surface area (TPSA) is 60.7 Å². The van der Waals surface area contributed by atoms with Crippen molar-refractivity contribution in [2.45, 2.75) is 19.9 Å². The average molecular weight is 495 g/mol. The lowest BCUT2D eigenvalue weighted by atomic mass is 10.0. The normalized spacial score (nSPS) is 16.8. The highest BCUT2D eigenvalue weighted by Crippen LogP contribution is 2.33. The fourth-order valence-corrected chi connectivity index (χ4v) is 6.35. The van der Waals surface area contributed by atoms with Crippen molar-refractivity contribution in [1.82, 2.24) is 4.57 Å². The summed E-state index contributed by atoms with van der Waals surface area (Å²) in [6, 6.07) is 7.23. The van der Waals surface area contributed by atoms with Gasteiger partial charge in [-0.2, -0.15) is 0 Å². The molecule has 0 amide bonds. The zero-order valence-electron chi connectivity index (χ0n) is 15.0. The number of rotatable bonds is 4. The fourth-order valence-electron chi connectivity index (χ4n) is 3.04. The number of ether oxygens (including phenoxy) is 1. The van der Waals surface area contributed by atoms with Gasteiger partial charge in [-0.25, -0.2) is 9.79 Å². The predicted octanol–water partition coefficient (Wildman–Crippen LogP) is 3.68. The quantitative estimate of drug-likeness (QED) is 0.519. The molecule has 3 aromatic rings. The molecule has 1 atom stereocenters. The zero-order chi connectivity index (χ0) is 19.8. The molecule has 144 valence electrons. The predicted molar refractivity (Wildman–Crippen MR) is 117 cm³/mol. The second kappa shape index (κ2) is 7.90. The number of thiophene rings is 2. The van der Waals surface area contributed by atoms with Gasteiger partial charge in [0, 0.05) is 9.75 Å². The minimum absolute atomic E-state index is 0.152. The Hall–Kier alpha value is -1.81. The van der Waals surface area contributed by atoms with Crippen molar-refractivity contribution >= 4 is 62.0 Å². The Morgan fingerprint density at radius 1 is 1.36 bits per heavy atom. The first-order chi connectivity index (χ1) is 13.5. The largest absolute Gasteiger partial charge is 0.463 e. The molecule has 0 bridgehead atoms. The molecule has 1 aliphatic rings. The van der Waals surface area contributed by atoms with Crippen molar-refractivity contribution in [3.63, 3.8) is 0 Å². The summed E-state index contributed by atoms with van der Waals surface area (Å²) in [7, 11) is 0. The average Bonchev–Trinajstić information content (AvgIpc) is 3.37. The molecule has 0 fully saturated rings. The molecule has 1 aliphatic heterocycles. The van der Waals surface area contributed by atoms with E-state index in [1.165, 1.54) is 22.7 Å². The standard InChI is InChI=1S/C19H15BrN2O3S3/c1-3-25-18(24)15-10(2)21-19-22(16(15)12-5-4-8-26-12)17(23)13(28-19)9-11-6-7-14(20)27-11/h4-9,16H,3H2,1-2H3/b13-9+. The molecule has 0 saturated heterocycles. The number of fused-ring (bicyclic) bond motifs is 1. The highest BCUT2D eigenvalue weighted by Gasteiger charge is 2.33. The Morgan fingerprint density at radius 3 is 2.82 bits per heavy atom. The van der Waals surface area contributed by atoms with Gasteiger partial charge in [-0.15, -0.1) is 22.7 Å². The van der Waals surface area contributed by atoms with Crippen LogP contribution in [0.3, 0.4) is 0 Å². The first kappa shape index (κ1) is 19.5. The van der Waals surface area contributed by atoms with Gasteiger partial charge < -0.3 is 4.74 Å². The Bertz CT molecular complexity index is 1250. The smallest absolute Gasteiger partial charge is 0.338 e. The number of halogens is 1. The molecule has 28 heavy (non-hydrogen) atoms. The van der Waals surface area contributed by atoms with E-state index >= 15 is 0 Å². The van der Waals surface area contributed by atoms with Gasteiger partial charge in [0.15, 0.2) is 4.80 Å². The lowest BCUT2D eigenvalue weighted by molar-refractivity contribution is -0.139. The molecule has 0 N–H and O–H groups in total. The molecule has 0 saturated carbocycles.